The smallest absolute Gasteiger partial charge is 0.156 e. The van der Waals surface area contributed by atoms with Crippen molar-refractivity contribution in [1.82, 2.24) is 9.80 Å². The number of hydrogen-bond acceptors (Lipinski definition) is 6. The molecule has 2 aromatic rings. The Morgan fingerprint density at radius 3 is 2.66 bits per heavy atom. The van der Waals surface area contributed by atoms with E-state index in [4.69, 9.17) is 27.3 Å². The molecule has 0 saturated carbocycles. The monoisotopic (exact) mass is 466 g/mol. The number of para-hydroxylation sites is 1. The first-order valence-electron chi connectivity index (χ1n) is 10.5. The van der Waals surface area contributed by atoms with Gasteiger partial charge in [0.2, 0.25) is 0 Å². The molecule has 0 spiro atoms. The fraction of sp³-hybridized carbons (Fsp3) is 0.240. The summed E-state index contributed by atoms with van der Waals surface area (Å²) in [5.41, 5.74) is 4.34. The fourth-order valence-corrected chi connectivity index (χ4v) is 4.86. The minimum Gasteiger partial charge on any atom is -0.411 e. The summed E-state index contributed by atoms with van der Waals surface area (Å²) in [4.78, 5) is 16.1. The zero-order valence-electron chi connectivity index (χ0n) is 18.1. The summed E-state index contributed by atoms with van der Waals surface area (Å²) in [6, 6.07) is 11.8. The average Bonchev–Trinajstić information content (AvgIpc) is 3.32. The van der Waals surface area contributed by atoms with Gasteiger partial charge in [0.15, 0.2) is 5.75 Å². The molecule has 2 heterocycles. The molecule has 5 nitrogen and oxygen atoms in total. The molecule has 0 unspecified atom stereocenters. The summed E-state index contributed by atoms with van der Waals surface area (Å²) in [7, 11) is 0. The van der Waals surface area contributed by atoms with Crippen LogP contribution in [0.2, 0.25) is 0 Å². The van der Waals surface area contributed by atoms with E-state index in [9.17, 15) is 0 Å². The standard InChI is InChI=1S/C25H27ClN4OS/c1-18(22-7-3-4-8-25(22)31-27)28-24-16-20(26)9-10-23(24)19(2)30-13-11-29(12-14-30)17-21-6-5-15-32-21/h3-10,15-16H,1,11-14,17,27H2,2H3/b23-19+,28-24-. The summed E-state index contributed by atoms with van der Waals surface area (Å²) in [6.45, 7) is 11.3. The van der Waals surface area contributed by atoms with Crippen molar-refractivity contribution in [2.45, 2.75) is 13.5 Å². The number of benzene rings is 1. The van der Waals surface area contributed by atoms with E-state index in [1.165, 1.54) is 10.6 Å². The summed E-state index contributed by atoms with van der Waals surface area (Å²) in [6.07, 6.45) is 5.82. The van der Waals surface area contributed by atoms with Gasteiger partial charge in [-0.05, 0) is 48.7 Å². The van der Waals surface area contributed by atoms with Crippen molar-refractivity contribution in [3.63, 3.8) is 0 Å². The number of allylic oxidation sites excluding steroid dienone is 6. The molecule has 1 aromatic heterocycles. The van der Waals surface area contributed by atoms with Gasteiger partial charge in [-0.2, -0.15) is 5.90 Å². The second-order valence-corrected chi connectivity index (χ2v) is 9.23. The third-order valence-electron chi connectivity index (χ3n) is 5.74. The van der Waals surface area contributed by atoms with Crippen LogP contribution in [0.15, 0.2) is 87.9 Å². The molecule has 0 atom stereocenters. The van der Waals surface area contributed by atoms with Crippen molar-refractivity contribution in [2.75, 3.05) is 26.2 Å². The molecule has 4 rings (SSSR count). The molecule has 1 saturated heterocycles. The van der Waals surface area contributed by atoms with Crippen molar-refractivity contribution >= 4 is 34.3 Å². The lowest BCUT2D eigenvalue weighted by Gasteiger charge is -2.37. The Hall–Kier alpha value is -2.64. The Bertz CT molecular complexity index is 1090. The third kappa shape index (κ3) is 5.22. The van der Waals surface area contributed by atoms with Crippen molar-refractivity contribution < 1.29 is 4.84 Å². The molecule has 2 N–H and O–H groups in total. The number of rotatable bonds is 6. The molecule has 0 amide bonds. The largest absolute Gasteiger partial charge is 0.411 e. The zero-order valence-corrected chi connectivity index (χ0v) is 19.7. The van der Waals surface area contributed by atoms with E-state index in [1.807, 2.05) is 47.8 Å². The van der Waals surface area contributed by atoms with Crippen LogP contribution in [0.4, 0.5) is 0 Å². The Labute approximate surface area is 198 Å². The highest BCUT2D eigenvalue weighted by molar-refractivity contribution is 7.09. The van der Waals surface area contributed by atoms with E-state index in [-0.39, 0.29) is 0 Å². The van der Waals surface area contributed by atoms with Gasteiger partial charge in [-0.3, -0.25) is 4.90 Å². The lowest BCUT2D eigenvalue weighted by Crippen LogP contribution is -2.45. The molecule has 7 heteroatoms. The van der Waals surface area contributed by atoms with Gasteiger partial charge < -0.3 is 9.74 Å². The summed E-state index contributed by atoms with van der Waals surface area (Å²) in [5, 5.41) is 2.78. The lowest BCUT2D eigenvalue weighted by molar-refractivity contribution is 0.153. The molecule has 0 bridgehead atoms. The van der Waals surface area contributed by atoms with Gasteiger partial charge in [-0.15, -0.1) is 11.3 Å². The van der Waals surface area contributed by atoms with Crippen LogP contribution in [0, 0.1) is 0 Å². The quantitative estimate of drug-likeness (QED) is 0.595. The number of halogens is 1. The number of piperazine rings is 1. The second kappa shape index (κ2) is 10.3. The first-order chi connectivity index (χ1) is 15.5. The van der Waals surface area contributed by atoms with E-state index in [0.717, 1.165) is 49.6 Å². The van der Waals surface area contributed by atoms with E-state index >= 15 is 0 Å². The Morgan fingerprint density at radius 1 is 1.16 bits per heavy atom. The summed E-state index contributed by atoms with van der Waals surface area (Å²) >= 11 is 8.14. The molecule has 1 aromatic carbocycles. The van der Waals surface area contributed by atoms with E-state index in [2.05, 4.69) is 40.8 Å². The van der Waals surface area contributed by atoms with E-state index in [1.54, 1.807) is 6.07 Å². The molecule has 1 fully saturated rings. The minimum absolute atomic E-state index is 0.535. The summed E-state index contributed by atoms with van der Waals surface area (Å²) < 4.78 is 0. The normalized spacial score (nSPS) is 19.8. The van der Waals surface area contributed by atoms with Crippen LogP contribution < -0.4 is 10.7 Å². The van der Waals surface area contributed by atoms with Crippen LogP contribution in [0.5, 0.6) is 5.75 Å². The van der Waals surface area contributed by atoms with Crippen LogP contribution in [-0.4, -0.2) is 41.7 Å². The van der Waals surface area contributed by atoms with Gasteiger partial charge in [0.1, 0.15) is 0 Å². The molecular formula is C25H27ClN4OS. The summed E-state index contributed by atoms with van der Waals surface area (Å²) in [5.74, 6) is 5.95. The molecule has 1 aliphatic heterocycles. The predicted octanol–water partition coefficient (Wildman–Crippen LogP) is 5.20. The second-order valence-electron chi connectivity index (χ2n) is 7.76. The molecule has 166 valence electrons. The van der Waals surface area contributed by atoms with Gasteiger partial charge >= 0.3 is 0 Å². The van der Waals surface area contributed by atoms with Gasteiger partial charge in [-0.1, -0.05) is 36.4 Å². The number of nitrogens with two attached hydrogens (primary N) is 1. The topological polar surface area (TPSA) is 54.1 Å². The minimum atomic E-state index is 0.535. The zero-order chi connectivity index (χ0) is 22.5. The van der Waals surface area contributed by atoms with Crippen LogP contribution in [0.25, 0.3) is 5.70 Å². The third-order valence-corrected chi connectivity index (χ3v) is 6.83. The van der Waals surface area contributed by atoms with Crippen molar-refractivity contribution in [1.29, 1.82) is 0 Å². The van der Waals surface area contributed by atoms with Crippen molar-refractivity contribution in [3.05, 3.63) is 93.3 Å². The highest BCUT2D eigenvalue weighted by Gasteiger charge is 2.21. The maximum Gasteiger partial charge on any atom is 0.156 e. The number of aliphatic imine (C=N–C) groups is 1. The highest BCUT2D eigenvalue weighted by Crippen LogP contribution is 2.28. The number of nitrogens with zero attached hydrogens (tertiary/aromatic N) is 3. The molecular weight excluding hydrogens is 440 g/mol. The fourth-order valence-electron chi connectivity index (χ4n) is 3.95. The number of thiophene rings is 1. The van der Waals surface area contributed by atoms with Gasteiger partial charge in [0.25, 0.3) is 0 Å². The number of hydrogen-bond donors (Lipinski definition) is 1. The molecule has 0 radical (unpaired) electrons. The van der Waals surface area contributed by atoms with Gasteiger partial charge in [-0.25, -0.2) is 4.99 Å². The Balaban J connectivity index is 1.53. The van der Waals surface area contributed by atoms with Crippen molar-refractivity contribution in [3.8, 4) is 5.75 Å². The Kier molecular flexibility index (Phi) is 7.27. The van der Waals surface area contributed by atoms with Gasteiger partial charge in [0.05, 0.1) is 11.4 Å². The average molecular weight is 467 g/mol. The highest BCUT2D eigenvalue weighted by atomic mass is 35.5. The first kappa shape index (κ1) is 22.6. The van der Waals surface area contributed by atoms with Crippen LogP contribution in [0.1, 0.15) is 17.4 Å². The maximum absolute atomic E-state index is 6.32. The lowest BCUT2D eigenvalue weighted by atomic mass is 10.0. The van der Waals surface area contributed by atoms with Crippen LogP contribution in [0.3, 0.4) is 0 Å². The SMILES string of the molecule is C=C(/N=C1/C=C(Cl)C=C/C1=C(/C)N1CCN(Cc2cccs2)CC1)c1ccccc1ON. The Morgan fingerprint density at radius 2 is 1.94 bits per heavy atom. The molecule has 1 aliphatic carbocycles. The maximum atomic E-state index is 6.32. The van der Waals surface area contributed by atoms with Crippen LogP contribution >= 0.6 is 22.9 Å². The first-order valence-corrected chi connectivity index (χ1v) is 11.8. The van der Waals surface area contributed by atoms with E-state index in [0.29, 0.717) is 16.5 Å². The van der Waals surface area contributed by atoms with Gasteiger partial charge in [0, 0.05) is 59.5 Å². The van der Waals surface area contributed by atoms with E-state index < -0.39 is 0 Å². The molecule has 32 heavy (non-hydrogen) atoms. The van der Waals surface area contributed by atoms with Crippen molar-refractivity contribution in [2.24, 2.45) is 10.9 Å². The molecule has 2 aliphatic rings. The predicted molar refractivity (Wildman–Crippen MR) is 135 cm³/mol. The van der Waals surface area contributed by atoms with Crippen LogP contribution in [-0.2, 0) is 6.54 Å².